The van der Waals surface area contributed by atoms with Gasteiger partial charge in [0.1, 0.15) is 28.5 Å². The Labute approximate surface area is 320 Å². The number of Topliss-reactive ketones (excluding diaryl/α,β-unsaturated/α-hetero) is 1. The van der Waals surface area contributed by atoms with E-state index in [4.69, 9.17) is 9.47 Å². The highest BCUT2D eigenvalue weighted by Crippen LogP contribution is 2.49. The highest BCUT2D eigenvalue weighted by molar-refractivity contribution is 7.91. The van der Waals surface area contributed by atoms with Gasteiger partial charge in [0, 0.05) is 23.6 Å². The Balaban J connectivity index is 1.26. The highest BCUT2D eigenvalue weighted by atomic mass is 32.2. The molecule has 15 heteroatoms. The average Bonchev–Trinajstić information content (AvgIpc) is 3.98. The fourth-order valence-electron chi connectivity index (χ4n) is 8.30. The van der Waals surface area contributed by atoms with E-state index in [1.807, 2.05) is 12.2 Å². The number of pyridine rings is 1. The van der Waals surface area contributed by atoms with Crippen molar-refractivity contribution >= 4 is 50.4 Å². The predicted octanol–water partition coefficient (Wildman–Crippen LogP) is 4.30. The van der Waals surface area contributed by atoms with Gasteiger partial charge in [0.15, 0.2) is 11.5 Å². The van der Waals surface area contributed by atoms with E-state index >= 15 is 0 Å². The second-order valence-corrected chi connectivity index (χ2v) is 19.6. The number of phenols is 1. The number of ketones is 1. The Hall–Kier alpha value is -4.53. The molecule has 0 unspecified atom stereocenters. The van der Waals surface area contributed by atoms with Gasteiger partial charge in [-0.3, -0.25) is 28.7 Å². The molecule has 55 heavy (non-hydrogen) atoms. The standard InChI is InChI=1S/C40H50N4O10S/c1-23-33-32(27-18-26(45)13-14-28(27)41-23)30(46)21-39(54-33)20-29-34(48)42-40(36(50)43-55(51,52)38(5)15-16-38)19-25(40)12-10-8-6-7-9-11-24(35(49)44(29)22-39)17-31(47)53-37(2,3)4/h10,12-14,18,24-25,29,45H,6-9,11,15-17,19-22H2,1-5H3,(H,42,48)(H,43,50)/b12-10-/t24-,25-,29+,39+,40-/m1/s1. The number of aromatic nitrogens is 1. The van der Waals surface area contributed by atoms with Crippen molar-refractivity contribution in [1.82, 2.24) is 19.9 Å². The largest absolute Gasteiger partial charge is 0.508 e. The Morgan fingerprint density at radius 1 is 1.13 bits per heavy atom. The number of fused-ring (bicyclic) bond motifs is 5. The molecule has 3 fully saturated rings. The molecule has 14 nitrogen and oxygen atoms in total. The Bertz CT molecular complexity index is 2120. The van der Waals surface area contributed by atoms with Crippen LogP contribution >= 0.6 is 0 Å². The van der Waals surface area contributed by atoms with Gasteiger partial charge in [0.25, 0.3) is 5.91 Å². The maximum absolute atomic E-state index is 14.7. The number of allylic oxidation sites excluding steroid dienone is 1. The zero-order valence-corrected chi connectivity index (χ0v) is 32.8. The first-order chi connectivity index (χ1) is 25.8. The summed E-state index contributed by atoms with van der Waals surface area (Å²) in [7, 11) is -4.03. The molecule has 1 aromatic carbocycles. The SMILES string of the molecule is Cc1nc2ccc(O)cc2c2c1O[C@]1(CC2=O)C[C@H]2C(=O)N[C@]3(C(=O)NS(=O)(=O)C4(C)CC4)C[C@H]3/C=C\CCCCC[C@H](CC(=O)OC(C)(C)C)C(=O)N2C1. The maximum atomic E-state index is 14.7. The molecular formula is C40H50N4O10S. The van der Waals surface area contributed by atoms with Crippen LogP contribution in [0, 0.1) is 18.8 Å². The lowest BCUT2D eigenvalue weighted by atomic mass is 9.86. The van der Waals surface area contributed by atoms with Crippen LogP contribution in [0.5, 0.6) is 11.5 Å². The Morgan fingerprint density at radius 3 is 2.58 bits per heavy atom. The predicted molar refractivity (Wildman–Crippen MR) is 200 cm³/mol. The number of nitrogens with zero attached hydrogens (tertiary/aromatic N) is 2. The summed E-state index contributed by atoms with van der Waals surface area (Å²) in [6.45, 7) is 8.31. The van der Waals surface area contributed by atoms with Crippen molar-refractivity contribution in [3.63, 3.8) is 0 Å². The van der Waals surface area contributed by atoms with Crippen LogP contribution in [-0.4, -0.2) is 87.0 Å². The second kappa shape index (κ2) is 13.6. The number of ether oxygens (including phenoxy) is 2. The van der Waals surface area contributed by atoms with Gasteiger partial charge >= 0.3 is 5.97 Å². The normalized spacial score (nSPS) is 29.8. The molecule has 1 saturated heterocycles. The smallest absolute Gasteiger partial charge is 0.307 e. The summed E-state index contributed by atoms with van der Waals surface area (Å²) in [5, 5.41) is 13.5. The molecule has 5 atom stereocenters. The van der Waals surface area contributed by atoms with Crippen molar-refractivity contribution in [1.29, 1.82) is 0 Å². The van der Waals surface area contributed by atoms with Gasteiger partial charge in [-0.15, -0.1) is 0 Å². The van der Waals surface area contributed by atoms with Crippen molar-refractivity contribution < 1.29 is 47.0 Å². The number of aryl methyl sites for hydroxylation is 1. The number of hydrogen-bond donors (Lipinski definition) is 3. The molecule has 2 aromatic rings. The van der Waals surface area contributed by atoms with Crippen LogP contribution in [0.1, 0.15) is 114 Å². The molecule has 0 bridgehead atoms. The number of carbonyl (C=O) groups is 5. The minimum Gasteiger partial charge on any atom is -0.508 e. The van der Waals surface area contributed by atoms with Crippen molar-refractivity contribution in [3.05, 3.63) is 41.6 Å². The first-order valence-corrected chi connectivity index (χ1v) is 20.7. The van der Waals surface area contributed by atoms with E-state index in [1.54, 1.807) is 40.7 Å². The van der Waals surface area contributed by atoms with E-state index in [9.17, 15) is 37.5 Å². The molecule has 2 saturated carbocycles. The number of amides is 3. The third-order valence-electron chi connectivity index (χ3n) is 11.7. The number of phenolic OH excluding ortho intramolecular Hbond substituents is 1. The van der Waals surface area contributed by atoms with Crippen LogP contribution < -0.4 is 14.8 Å². The van der Waals surface area contributed by atoms with Crippen LogP contribution in [0.25, 0.3) is 10.9 Å². The van der Waals surface area contributed by atoms with Crippen molar-refractivity contribution in [3.8, 4) is 11.5 Å². The molecule has 1 spiro atoms. The Kier molecular flexibility index (Phi) is 9.57. The van der Waals surface area contributed by atoms with Crippen LogP contribution in [0.3, 0.4) is 0 Å². The molecular weight excluding hydrogens is 729 g/mol. The second-order valence-electron chi connectivity index (χ2n) is 17.4. The summed E-state index contributed by atoms with van der Waals surface area (Å²) in [6, 6.07) is 3.30. The zero-order chi connectivity index (χ0) is 39.7. The van der Waals surface area contributed by atoms with Gasteiger partial charge in [-0.25, -0.2) is 13.4 Å². The maximum Gasteiger partial charge on any atom is 0.307 e. The van der Waals surface area contributed by atoms with E-state index in [0.717, 1.165) is 12.8 Å². The molecule has 3 aliphatic heterocycles. The zero-order valence-electron chi connectivity index (χ0n) is 32.0. The fraction of sp³-hybridized carbons (Fsp3) is 0.600. The summed E-state index contributed by atoms with van der Waals surface area (Å²) in [5.74, 6) is -4.08. The monoisotopic (exact) mass is 778 g/mol. The van der Waals surface area contributed by atoms with Gasteiger partial charge in [-0.2, -0.15) is 0 Å². The number of aromatic hydroxyl groups is 1. The molecule has 0 radical (unpaired) electrons. The molecule has 5 aliphatic rings. The van der Waals surface area contributed by atoms with Crippen molar-refractivity contribution in [2.24, 2.45) is 11.8 Å². The summed E-state index contributed by atoms with van der Waals surface area (Å²) < 4.78 is 39.8. The summed E-state index contributed by atoms with van der Waals surface area (Å²) in [6.07, 6.45) is 7.40. The lowest BCUT2D eigenvalue weighted by Gasteiger charge is -2.36. The number of esters is 1. The van der Waals surface area contributed by atoms with Crippen LogP contribution in [-0.2, 0) is 33.9 Å². The number of sulfonamides is 1. The molecule has 4 heterocycles. The quantitative estimate of drug-likeness (QED) is 0.289. The molecule has 3 amide bonds. The van der Waals surface area contributed by atoms with E-state index in [1.165, 1.54) is 17.0 Å². The summed E-state index contributed by atoms with van der Waals surface area (Å²) in [4.78, 5) is 76.6. The minimum atomic E-state index is -4.03. The molecule has 1 aromatic heterocycles. The molecule has 7 rings (SSSR count). The van der Waals surface area contributed by atoms with Gasteiger partial charge in [0.05, 0.1) is 40.9 Å². The molecule has 2 aliphatic carbocycles. The first kappa shape index (κ1) is 38.7. The number of nitrogens with one attached hydrogen (secondary N) is 2. The van der Waals surface area contributed by atoms with E-state index in [0.29, 0.717) is 48.7 Å². The van der Waals surface area contributed by atoms with Crippen molar-refractivity contribution in [2.45, 2.75) is 133 Å². The number of carbonyl (C=O) groups excluding carboxylic acids is 5. The van der Waals surface area contributed by atoms with Crippen LogP contribution in [0.15, 0.2) is 30.4 Å². The number of rotatable bonds is 5. The van der Waals surface area contributed by atoms with E-state index in [-0.39, 0.29) is 55.1 Å². The number of benzene rings is 1. The summed E-state index contributed by atoms with van der Waals surface area (Å²) >= 11 is 0. The van der Waals surface area contributed by atoms with Gasteiger partial charge in [0.2, 0.25) is 21.8 Å². The third-order valence-corrected chi connectivity index (χ3v) is 13.9. The van der Waals surface area contributed by atoms with E-state index in [2.05, 4.69) is 15.0 Å². The third kappa shape index (κ3) is 7.43. The van der Waals surface area contributed by atoms with Crippen LogP contribution in [0.4, 0.5) is 0 Å². The topological polar surface area (TPSA) is 198 Å². The Morgan fingerprint density at radius 2 is 1.87 bits per heavy atom. The lowest BCUT2D eigenvalue weighted by Crippen LogP contribution is -2.57. The van der Waals surface area contributed by atoms with Gasteiger partial charge in [-0.1, -0.05) is 25.0 Å². The van der Waals surface area contributed by atoms with Crippen LogP contribution in [0.2, 0.25) is 0 Å². The fourth-order valence-corrected chi connectivity index (χ4v) is 9.61. The average molecular weight is 779 g/mol. The first-order valence-electron chi connectivity index (χ1n) is 19.2. The molecule has 3 N–H and O–H groups in total. The van der Waals surface area contributed by atoms with Gasteiger partial charge in [-0.05, 0) is 91.3 Å². The molecule has 296 valence electrons. The van der Waals surface area contributed by atoms with Crippen molar-refractivity contribution in [2.75, 3.05) is 6.54 Å². The summed E-state index contributed by atoms with van der Waals surface area (Å²) in [5.41, 5.74) is -2.58. The van der Waals surface area contributed by atoms with Gasteiger partial charge < -0.3 is 24.8 Å². The van der Waals surface area contributed by atoms with E-state index < -0.39 is 73.1 Å². The minimum absolute atomic E-state index is 0.0521. The lowest BCUT2D eigenvalue weighted by molar-refractivity contribution is -0.159. The highest BCUT2D eigenvalue weighted by Gasteiger charge is 2.64. The number of hydrogen-bond acceptors (Lipinski definition) is 11.